The zero-order chi connectivity index (χ0) is 34.9. The summed E-state index contributed by atoms with van der Waals surface area (Å²) in [5.74, 6) is -3.67. The lowest BCUT2D eigenvalue weighted by atomic mass is 9.87. The van der Waals surface area contributed by atoms with Gasteiger partial charge in [0.2, 0.25) is 5.91 Å². The summed E-state index contributed by atoms with van der Waals surface area (Å²) in [6.07, 6.45) is 0.276. The van der Waals surface area contributed by atoms with E-state index in [-0.39, 0.29) is 31.7 Å². The molecule has 9 heteroatoms. The molecule has 0 saturated carbocycles. The third kappa shape index (κ3) is 11.0. The maximum Gasteiger partial charge on any atom is 0.337 e. The van der Waals surface area contributed by atoms with Crippen LogP contribution >= 0.6 is 0 Å². The average molecular weight is 646 g/mol. The van der Waals surface area contributed by atoms with Crippen LogP contribution < -0.4 is 0 Å². The van der Waals surface area contributed by atoms with Crippen LogP contribution in [-0.2, 0) is 39.9 Å². The number of methoxy groups -OCH3 is 1. The van der Waals surface area contributed by atoms with Crippen LogP contribution in [0.25, 0.3) is 10.8 Å². The van der Waals surface area contributed by atoms with Crippen molar-refractivity contribution in [2.75, 3.05) is 7.11 Å². The molecule has 3 rings (SSSR count). The van der Waals surface area contributed by atoms with E-state index in [0.717, 1.165) is 28.2 Å². The lowest BCUT2D eigenvalue weighted by Gasteiger charge is -2.36. The van der Waals surface area contributed by atoms with Gasteiger partial charge in [0.15, 0.2) is 0 Å². The van der Waals surface area contributed by atoms with Crippen LogP contribution in [0.2, 0.25) is 0 Å². The molecule has 3 aromatic rings. The lowest BCUT2D eigenvalue weighted by molar-refractivity contribution is -0.168. The van der Waals surface area contributed by atoms with E-state index in [9.17, 15) is 24.0 Å². The number of hydrogen-bond acceptors (Lipinski definition) is 8. The maximum absolute atomic E-state index is 14.3. The Morgan fingerprint density at radius 1 is 0.809 bits per heavy atom. The molecule has 9 nitrogen and oxygen atoms in total. The van der Waals surface area contributed by atoms with Crippen molar-refractivity contribution >= 4 is 40.9 Å². The van der Waals surface area contributed by atoms with E-state index in [0.29, 0.717) is 5.56 Å². The molecular formula is C38H47NO8. The number of esters is 3. The van der Waals surface area contributed by atoms with Crippen molar-refractivity contribution in [2.24, 2.45) is 5.92 Å². The Balaban J connectivity index is 2.03. The van der Waals surface area contributed by atoms with Crippen LogP contribution in [0, 0.1) is 5.92 Å². The first-order valence-corrected chi connectivity index (χ1v) is 15.8. The Morgan fingerprint density at radius 3 is 2.00 bits per heavy atom. The number of ether oxygens (including phenoxy) is 3. The van der Waals surface area contributed by atoms with Crippen LogP contribution in [-0.4, -0.2) is 59.4 Å². The Hall–Kier alpha value is -4.53. The molecule has 0 heterocycles. The van der Waals surface area contributed by atoms with Gasteiger partial charge >= 0.3 is 17.9 Å². The van der Waals surface area contributed by atoms with Crippen molar-refractivity contribution in [3.05, 3.63) is 83.4 Å². The molecule has 0 spiro atoms. The minimum Gasteiger partial charge on any atom is -0.465 e. The predicted molar refractivity (Wildman–Crippen MR) is 180 cm³/mol. The highest BCUT2D eigenvalue weighted by Gasteiger charge is 2.35. The molecule has 0 aliphatic heterocycles. The van der Waals surface area contributed by atoms with Gasteiger partial charge in [0.05, 0.1) is 25.0 Å². The van der Waals surface area contributed by atoms with Crippen LogP contribution in [0.3, 0.4) is 0 Å². The number of rotatable bonds is 13. The van der Waals surface area contributed by atoms with E-state index in [1.807, 2.05) is 49.4 Å². The number of nitrogens with zero attached hydrogens (tertiary/aromatic N) is 1. The van der Waals surface area contributed by atoms with E-state index in [1.165, 1.54) is 7.11 Å². The van der Waals surface area contributed by atoms with E-state index >= 15 is 0 Å². The second kappa shape index (κ2) is 15.8. The molecule has 0 N–H and O–H groups in total. The van der Waals surface area contributed by atoms with Crippen molar-refractivity contribution in [1.29, 1.82) is 0 Å². The molecule has 0 radical (unpaired) electrons. The van der Waals surface area contributed by atoms with Crippen LogP contribution in [0.5, 0.6) is 0 Å². The fraction of sp³-hybridized carbons (Fsp3) is 0.447. The minimum atomic E-state index is -1.09. The highest BCUT2D eigenvalue weighted by atomic mass is 16.6. The van der Waals surface area contributed by atoms with Gasteiger partial charge in [-0.3, -0.25) is 14.4 Å². The van der Waals surface area contributed by atoms with Crippen LogP contribution in [0.1, 0.15) is 95.1 Å². The summed E-state index contributed by atoms with van der Waals surface area (Å²) in [6, 6.07) is 20.1. The Labute approximate surface area is 277 Å². The van der Waals surface area contributed by atoms with Crippen molar-refractivity contribution < 1.29 is 38.2 Å². The number of hydrogen-bond donors (Lipinski definition) is 0. The van der Waals surface area contributed by atoms with Gasteiger partial charge in [0.25, 0.3) is 0 Å². The summed E-state index contributed by atoms with van der Waals surface area (Å²) < 4.78 is 15.9. The van der Waals surface area contributed by atoms with Crippen LogP contribution in [0.15, 0.2) is 66.7 Å². The van der Waals surface area contributed by atoms with Gasteiger partial charge in [-0.25, -0.2) is 4.79 Å². The fourth-order valence-electron chi connectivity index (χ4n) is 5.45. The molecule has 47 heavy (non-hydrogen) atoms. The first kappa shape index (κ1) is 36.9. The van der Waals surface area contributed by atoms with Gasteiger partial charge in [-0.05, 0) is 88.6 Å². The van der Waals surface area contributed by atoms with Crippen molar-refractivity contribution in [2.45, 2.75) is 97.4 Å². The zero-order valence-corrected chi connectivity index (χ0v) is 28.7. The molecule has 0 fully saturated rings. The van der Waals surface area contributed by atoms with Crippen molar-refractivity contribution in [3.8, 4) is 0 Å². The molecule has 0 unspecified atom stereocenters. The van der Waals surface area contributed by atoms with Crippen LogP contribution in [0.4, 0.5) is 0 Å². The Morgan fingerprint density at radius 2 is 1.43 bits per heavy atom. The molecule has 252 valence electrons. The third-order valence-corrected chi connectivity index (χ3v) is 7.67. The van der Waals surface area contributed by atoms with Gasteiger partial charge in [-0.1, -0.05) is 48.5 Å². The summed E-state index contributed by atoms with van der Waals surface area (Å²) in [6.45, 7) is 12.4. The first-order chi connectivity index (χ1) is 22.0. The van der Waals surface area contributed by atoms with Crippen molar-refractivity contribution in [1.82, 2.24) is 4.90 Å². The monoisotopic (exact) mass is 645 g/mol. The summed E-state index contributed by atoms with van der Waals surface area (Å²) in [7, 11) is 1.30. The quantitative estimate of drug-likeness (QED) is 0.113. The number of amides is 1. The molecule has 0 aliphatic carbocycles. The molecule has 1 amide bonds. The van der Waals surface area contributed by atoms with Gasteiger partial charge in [0, 0.05) is 31.3 Å². The molecular weight excluding hydrogens is 598 g/mol. The van der Waals surface area contributed by atoms with Gasteiger partial charge in [-0.2, -0.15) is 0 Å². The van der Waals surface area contributed by atoms with Gasteiger partial charge < -0.3 is 23.9 Å². The average Bonchev–Trinajstić information content (AvgIpc) is 2.99. The van der Waals surface area contributed by atoms with E-state index in [1.54, 1.807) is 70.7 Å². The number of fused-ring (bicyclic) bond motifs is 1. The fourth-order valence-corrected chi connectivity index (χ4v) is 5.45. The largest absolute Gasteiger partial charge is 0.465 e. The number of carbonyl (C=O) groups is 5. The summed E-state index contributed by atoms with van der Waals surface area (Å²) in [5, 5.41) is 2.05. The topological polar surface area (TPSA) is 116 Å². The summed E-state index contributed by atoms with van der Waals surface area (Å²) in [4.78, 5) is 66.3. The van der Waals surface area contributed by atoms with Gasteiger partial charge in [-0.15, -0.1) is 0 Å². The van der Waals surface area contributed by atoms with Crippen molar-refractivity contribution in [3.63, 3.8) is 0 Å². The van der Waals surface area contributed by atoms with E-state index in [2.05, 4.69) is 0 Å². The first-order valence-electron chi connectivity index (χ1n) is 15.8. The highest BCUT2D eigenvalue weighted by Crippen LogP contribution is 2.30. The second-order valence-electron chi connectivity index (χ2n) is 13.8. The second-order valence-corrected chi connectivity index (χ2v) is 13.8. The molecule has 3 atom stereocenters. The lowest BCUT2D eigenvalue weighted by Crippen LogP contribution is -2.43. The SMILES string of the molecule is COC(=O)c1ccc([C@@H](CC=O)[C@@H](C)N(Cc2ccc3ccccc3c2)C(=O)C[C@H](CC(=O)OC(C)(C)C)C(=O)OC(C)(C)C)cc1. The minimum absolute atomic E-state index is 0.105. The Kier molecular flexibility index (Phi) is 12.5. The smallest absolute Gasteiger partial charge is 0.337 e. The summed E-state index contributed by atoms with van der Waals surface area (Å²) >= 11 is 0. The molecule has 0 aliphatic rings. The van der Waals surface area contributed by atoms with E-state index < -0.39 is 47.0 Å². The summed E-state index contributed by atoms with van der Waals surface area (Å²) in [5.41, 5.74) is 0.360. The molecule has 3 aromatic carbocycles. The van der Waals surface area contributed by atoms with Gasteiger partial charge in [0.1, 0.15) is 17.5 Å². The maximum atomic E-state index is 14.3. The third-order valence-electron chi connectivity index (χ3n) is 7.67. The number of benzene rings is 3. The number of carbonyl (C=O) groups excluding carboxylic acids is 5. The highest BCUT2D eigenvalue weighted by molar-refractivity contribution is 5.89. The number of aldehydes is 1. The predicted octanol–water partition coefficient (Wildman–Crippen LogP) is 6.80. The standard InChI is InChI=1S/C38H47NO8/c1-25(32(19-20-40)28-15-17-29(18-16-28)35(43)45-8)39(24-26-13-14-27-11-9-10-12-30(27)21-26)33(41)22-31(36(44)47-38(5,6)7)23-34(42)46-37(2,3)4/h9-18,20-21,25,31-32H,19,22-24H2,1-8H3/t25-,31-,32+/m1/s1. The van der Waals surface area contributed by atoms with E-state index in [4.69, 9.17) is 14.2 Å². The molecule has 0 saturated heterocycles. The normalized spacial score (nSPS) is 13.6. The zero-order valence-electron chi connectivity index (χ0n) is 28.7. The Bertz CT molecular complexity index is 1570. The molecule has 0 aromatic heterocycles. The molecule has 0 bridgehead atoms.